The van der Waals surface area contributed by atoms with Crippen LogP contribution in [0.5, 0.6) is 5.75 Å². The molecular weight excluding hydrogens is 410 g/mol. The van der Waals surface area contributed by atoms with E-state index in [4.69, 9.17) is 0 Å². The van der Waals surface area contributed by atoms with Crippen molar-refractivity contribution in [1.82, 2.24) is 14.8 Å². The SMILES string of the molecule is O=C(CSc1nnc(C2CC2)n1Cc1ccccc1)Nc1ccccc1OC(F)F. The van der Waals surface area contributed by atoms with Crippen LogP contribution in [0.25, 0.3) is 0 Å². The molecule has 0 spiro atoms. The first kappa shape index (κ1) is 20.3. The molecule has 2 aromatic carbocycles. The van der Waals surface area contributed by atoms with Gasteiger partial charge >= 0.3 is 6.61 Å². The van der Waals surface area contributed by atoms with Crippen LogP contribution >= 0.6 is 11.8 Å². The molecule has 4 rings (SSSR count). The highest BCUT2D eigenvalue weighted by molar-refractivity contribution is 7.99. The molecule has 1 aromatic heterocycles. The van der Waals surface area contributed by atoms with Crippen molar-refractivity contribution in [2.24, 2.45) is 0 Å². The Labute approximate surface area is 176 Å². The standard InChI is InChI=1S/C21H20F2N4O2S/c22-20(23)29-17-9-5-4-8-16(17)24-18(28)13-30-21-26-25-19(15-10-11-15)27(21)12-14-6-2-1-3-7-14/h1-9,15,20H,10-13H2,(H,24,28). The average Bonchev–Trinajstić information content (AvgIpc) is 3.50. The molecule has 0 bridgehead atoms. The minimum Gasteiger partial charge on any atom is -0.433 e. The number of carbonyl (C=O) groups is 1. The summed E-state index contributed by atoms with van der Waals surface area (Å²) in [5.41, 5.74) is 1.33. The highest BCUT2D eigenvalue weighted by Crippen LogP contribution is 2.40. The second-order valence-corrected chi connectivity index (χ2v) is 7.84. The molecule has 1 heterocycles. The van der Waals surface area contributed by atoms with Gasteiger partial charge in [-0.15, -0.1) is 10.2 Å². The second-order valence-electron chi connectivity index (χ2n) is 6.90. The van der Waals surface area contributed by atoms with Crippen LogP contribution in [0.2, 0.25) is 0 Å². The van der Waals surface area contributed by atoms with Gasteiger partial charge in [0.2, 0.25) is 5.91 Å². The minimum atomic E-state index is -2.96. The van der Waals surface area contributed by atoms with Crippen LogP contribution in [0, 0.1) is 0 Å². The van der Waals surface area contributed by atoms with Gasteiger partial charge in [-0.1, -0.05) is 54.2 Å². The Morgan fingerprint density at radius 3 is 2.60 bits per heavy atom. The fourth-order valence-electron chi connectivity index (χ4n) is 3.05. The third kappa shape index (κ3) is 5.15. The summed E-state index contributed by atoms with van der Waals surface area (Å²) in [5.74, 6) is 1.02. The van der Waals surface area contributed by atoms with Gasteiger partial charge in [-0.25, -0.2) is 0 Å². The number of rotatable bonds is 9. The van der Waals surface area contributed by atoms with Crippen LogP contribution in [0.15, 0.2) is 59.8 Å². The number of aromatic nitrogens is 3. The Kier molecular flexibility index (Phi) is 6.27. The van der Waals surface area contributed by atoms with E-state index in [0.29, 0.717) is 17.6 Å². The van der Waals surface area contributed by atoms with Crippen molar-refractivity contribution < 1.29 is 18.3 Å². The molecule has 0 unspecified atom stereocenters. The van der Waals surface area contributed by atoms with Crippen LogP contribution in [0.4, 0.5) is 14.5 Å². The molecule has 1 saturated carbocycles. The van der Waals surface area contributed by atoms with Gasteiger partial charge < -0.3 is 14.6 Å². The van der Waals surface area contributed by atoms with Crippen LogP contribution in [0.3, 0.4) is 0 Å². The molecule has 1 aliphatic rings. The van der Waals surface area contributed by atoms with Crippen LogP contribution < -0.4 is 10.1 Å². The number of halogens is 2. The molecule has 3 aromatic rings. The first-order valence-electron chi connectivity index (χ1n) is 9.53. The fourth-order valence-corrected chi connectivity index (χ4v) is 3.79. The van der Waals surface area contributed by atoms with E-state index in [9.17, 15) is 13.6 Å². The Morgan fingerprint density at radius 1 is 1.13 bits per heavy atom. The van der Waals surface area contributed by atoms with Gasteiger partial charge in [0.25, 0.3) is 0 Å². The second kappa shape index (κ2) is 9.25. The number of nitrogens with zero attached hydrogens (tertiary/aromatic N) is 3. The van der Waals surface area contributed by atoms with Gasteiger partial charge in [0.15, 0.2) is 5.16 Å². The number of thioether (sulfide) groups is 1. The van der Waals surface area contributed by atoms with Crippen molar-refractivity contribution in [3.05, 3.63) is 66.0 Å². The zero-order valence-electron chi connectivity index (χ0n) is 16.0. The number of hydrogen-bond donors (Lipinski definition) is 1. The van der Waals surface area contributed by atoms with Crippen molar-refractivity contribution >= 4 is 23.4 Å². The predicted octanol–water partition coefficient (Wildman–Crippen LogP) is 4.54. The number of nitrogens with one attached hydrogen (secondary N) is 1. The molecule has 30 heavy (non-hydrogen) atoms. The van der Waals surface area contributed by atoms with E-state index in [1.165, 1.54) is 23.9 Å². The molecule has 1 N–H and O–H groups in total. The van der Waals surface area contributed by atoms with Crippen LogP contribution in [-0.2, 0) is 11.3 Å². The summed E-state index contributed by atoms with van der Waals surface area (Å²) in [5, 5.41) is 11.9. The van der Waals surface area contributed by atoms with Gasteiger partial charge in [0.1, 0.15) is 11.6 Å². The molecule has 1 amide bonds. The topological polar surface area (TPSA) is 69.0 Å². The summed E-state index contributed by atoms with van der Waals surface area (Å²) < 4.78 is 31.6. The molecule has 156 valence electrons. The van der Waals surface area contributed by atoms with E-state index in [-0.39, 0.29) is 23.1 Å². The molecule has 6 nitrogen and oxygen atoms in total. The highest BCUT2D eigenvalue weighted by Gasteiger charge is 2.30. The fraction of sp³-hybridized carbons (Fsp3) is 0.286. The minimum absolute atomic E-state index is 0.0700. The number of alkyl halides is 2. The maximum atomic E-state index is 12.5. The Hall–Kier alpha value is -2.94. The monoisotopic (exact) mass is 430 g/mol. The highest BCUT2D eigenvalue weighted by atomic mass is 32.2. The van der Waals surface area contributed by atoms with Crippen molar-refractivity contribution in [3.63, 3.8) is 0 Å². The molecule has 0 aliphatic heterocycles. The first-order valence-corrected chi connectivity index (χ1v) is 10.5. The number of ether oxygens (including phenoxy) is 1. The van der Waals surface area contributed by atoms with Crippen LogP contribution in [-0.4, -0.2) is 33.0 Å². The lowest BCUT2D eigenvalue weighted by atomic mass is 10.2. The zero-order chi connectivity index (χ0) is 20.9. The number of amides is 1. The van der Waals surface area contributed by atoms with Gasteiger partial charge in [-0.3, -0.25) is 4.79 Å². The van der Waals surface area contributed by atoms with Gasteiger partial charge in [-0.2, -0.15) is 8.78 Å². The summed E-state index contributed by atoms with van der Waals surface area (Å²) in [7, 11) is 0. The largest absolute Gasteiger partial charge is 0.433 e. The molecule has 0 atom stereocenters. The summed E-state index contributed by atoms with van der Waals surface area (Å²) >= 11 is 1.27. The van der Waals surface area contributed by atoms with E-state index in [1.807, 2.05) is 30.3 Å². The Bertz CT molecular complexity index is 1010. The molecular formula is C21H20F2N4O2S. The van der Waals surface area contributed by atoms with Gasteiger partial charge in [-0.05, 0) is 30.5 Å². The maximum Gasteiger partial charge on any atom is 0.387 e. The van der Waals surface area contributed by atoms with Crippen molar-refractivity contribution in [2.75, 3.05) is 11.1 Å². The lowest BCUT2D eigenvalue weighted by Gasteiger charge is -2.12. The number of para-hydroxylation sites is 2. The lowest BCUT2D eigenvalue weighted by molar-refractivity contribution is -0.113. The molecule has 0 radical (unpaired) electrons. The third-order valence-corrected chi connectivity index (χ3v) is 5.55. The van der Waals surface area contributed by atoms with E-state index in [1.54, 1.807) is 12.1 Å². The summed E-state index contributed by atoms with van der Waals surface area (Å²) in [6, 6.07) is 16.1. The Balaban J connectivity index is 1.43. The summed E-state index contributed by atoms with van der Waals surface area (Å²) in [6.45, 7) is -2.33. The smallest absolute Gasteiger partial charge is 0.387 e. The zero-order valence-corrected chi connectivity index (χ0v) is 16.8. The average molecular weight is 430 g/mol. The predicted molar refractivity (Wildman–Crippen MR) is 110 cm³/mol. The van der Waals surface area contributed by atoms with E-state index >= 15 is 0 Å². The number of anilines is 1. The first-order chi connectivity index (χ1) is 14.6. The number of carbonyl (C=O) groups excluding carboxylic acids is 1. The Morgan fingerprint density at radius 2 is 1.87 bits per heavy atom. The van der Waals surface area contributed by atoms with E-state index in [2.05, 4.69) is 24.8 Å². The summed E-state index contributed by atoms with van der Waals surface area (Å²) in [6.07, 6.45) is 2.19. The molecule has 1 fully saturated rings. The van der Waals surface area contributed by atoms with Gasteiger partial charge in [0, 0.05) is 5.92 Å². The van der Waals surface area contributed by atoms with Gasteiger partial charge in [0.05, 0.1) is 18.0 Å². The normalized spacial score (nSPS) is 13.4. The summed E-state index contributed by atoms with van der Waals surface area (Å²) in [4.78, 5) is 12.4. The number of hydrogen-bond acceptors (Lipinski definition) is 5. The third-order valence-electron chi connectivity index (χ3n) is 4.58. The maximum absolute atomic E-state index is 12.5. The molecule has 9 heteroatoms. The van der Waals surface area contributed by atoms with Crippen LogP contribution in [0.1, 0.15) is 30.1 Å². The van der Waals surface area contributed by atoms with Crippen molar-refractivity contribution in [2.45, 2.75) is 37.1 Å². The lowest BCUT2D eigenvalue weighted by Crippen LogP contribution is -2.16. The quantitative estimate of drug-likeness (QED) is 0.505. The van der Waals surface area contributed by atoms with E-state index in [0.717, 1.165) is 24.2 Å². The van der Waals surface area contributed by atoms with E-state index < -0.39 is 6.61 Å². The van der Waals surface area contributed by atoms with Crippen molar-refractivity contribution in [1.29, 1.82) is 0 Å². The van der Waals surface area contributed by atoms with Crippen molar-refractivity contribution in [3.8, 4) is 5.75 Å². The number of benzene rings is 2. The molecule has 0 saturated heterocycles. The molecule has 1 aliphatic carbocycles.